The normalized spacial score (nSPS) is 45.4. The summed E-state index contributed by atoms with van der Waals surface area (Å²) in [6, 6.07) is 0. The fourth-order valence-electron chi connectivity index (χ4n) is 7.23. The molecular weight excluding hydrogens is 350 g/mol. The molecule has 4 rings (SSSR count). The molecule has 1 N–H and O–H groups in total. The van der Waals surface area contributed by atoms with Gasteiger partial charge in [0, 0.05) is 5.41 Å². The number of hydrogen-bond donors (Lipinski definition) is 1. The average molecular weight is 386 g/mol. The first-order chi connectivity index (χ1) is 12.7. The van der Waals surface area contributed by atoms with Crippen LogP contribution in [0.1, 0.15) is 58.3 Å². The van der Waals surface area contributed by atoms with Crippen LogP contribution < -0.4 is 0 Å². The van der Waals surface area contributed by atoms with E-state index in [0.717, 1.165) is 43.2 Å². The zero-order valence-corrected chi connectivity index (χ0v) is 18.4. The molecule has 0 aromatic carbocycles. The monoisotopic (exact) mass is 385 g/mol. The van der Waals surface area contributed by atoms with Gasteiger partial charge in [-0.15, -0.1) is 6.42 Å². The van der Waals surface area contributed by atoms with Crippen LogP contribution >= 0.6 is 0 Å². The Bertz CT molecular complexity index is 715. The first-order valence-corrected chi connectivity index (χ1v) is 14.2. The van der Waals surface area contributed by atoms with Crippen molar-refractivity contribution in [1.29, 1.82) is 0 Å². The maximum absolute atomic E-state index is 9.16. The summed E-state index contributed by atoms with van der Waals surface area (Å²) in [6.07, 6.45) is 17.6. The number of terminal acetylenes is 1. The molecule has 4 aliphatic carbocycles. The lowest BCUT2D eigenvalue weighted by atomic mass is 9.50. The van der Waals surface area contributed by atoms with Crippen LogP contribution in [0, 0.1) is 41.4 Å². The lowest BCUT2D eigenvalue weighted by Crippen LogP contribution is -2.56. The van der Waals surface area contributed by atoms with Crippen LogP contribution in [0.25, 0.3) is 0 Å². The van der Waals surface area contributed by atoms with Gasteiger partial charge in [-0.05, 0) is 101 Å². The van der Waals surface area contributed by atoms with E-state index in [4.69, 9.17) is 16.1 Å². The van der Waals surface area contributed by atoms with Gasteiger partial charge in [0.1, 0.15) is 5.60 Å². The number of nitrogens with zero attached hydrogens (tertiary/aromatic N) is 1. The van der Waals surface area contributed by atoms with Crippen molar-refractivity contribution in [1.82, 2.24) is 0 Å². The Morgan fingerprint density at radius 1 is 1.15 bits per heavy atom. The Balaban J connectivity index is 1.62. The highest BCUT2D eigenvalue weighted by atomic mass is 28.4. The molecule has 0 amide bonds. The zero-order chi connectivity index (χ0) is 19.4. The maximum atomic E-state index is 9.16. The minimum Gasteiger partial charge on any atom is -0.411 e. The second-order valence-electron chi connectivity index (χ2n) is 10.6. The van der Waals surface area contributed by atoms with Crippen LogP contribution in [-0.4, -0.2) is 24.8 Å². The van der Waals surface area contributed by atoms with E-state index in [0.29, 0.717) is 11.8 Å². The lowest BCUT2D eigenvalue weighted by molar-refractivity contribution is -0.0765. The van der Waals surface area contributed by atoms with Gasteiger partial charge in [0.2, 0.25) is 0 Å². The molecule has 0 saturated heterocycles. The predicted molar refractivity (Wildman–Crippen MR) is 112 cm³/mol. The van der Waals surface area contributed by atoms with Gasteiger partial charge in [0.15, 0.2) is 8.32 Å². The molecular formula is C23H35NO2Si. The number of fused-ring (bicyclic) bond motifs is 5. The molecule has 1 unspecified atom stereocenters. The molecule has 6 atom stereocenters. The first kappa shape index (κ1) is 19.3. The van der Waals surface area contributed by atoms with Gasteiger partial charge < -0.3 is 9.63 Å². The predicted octanol–water partition coefficient (Wildman–Crippen LogP) is 5.61. The molecule has 3 fully saturated rings. The molecule has 4 aliphatic rings. The van der Waals surface area contributed by atoms with Crippen molar-refractivity contribution in [3.05, 3.63) is 11.6 Å². The van der Waals surface area contributed by atoms with Crippen molar-refractivity contribution in [2.24, 2.45) is 34.2 Å². The van der Waals surface area contributed by atoms with Crippen LogP contribution in [0.3, 0.4) is 0 Å². The summed E-state index contributed by atoms with van der Waals surface area (Å²) in [4.78, 5) is 0. The van der Waals surface area contributed by atoms with E-state index in [1.165, 1.54) is 25.7 Å². The van der Waals surface area contributed by atoms with E-state index < -0.39 is 8.32 Å². The zero-order valence-electron chi connectivity index (χ0n) is 17.4. The Hall–Kier alpha value is -1.05. The van der Waals surface area contributed by atoms with E-state index in [9.17, 15) is 0 Å². The van der Waals surface area contributed by atoms with Crippen molar-refractivity contribution < 1.29 is 9.63 Å². The molecule has 0 aromatic heterocycles. The van der Waals surface area contributed by atoms with Gasteiger partial charge in [-0.3, -0.25) is 0 Å². The van der Waals surface area contributed by atoms with Gasteiger partial charge in [-0.1, -0.05) is 23.6 Å². The van der Waals surface area contributed by atoms with E-state index >= 15 is 0 Å². The summed E-state index contributed by atoms with van der Waals surface area (Å²) < 4.78 is 6.77. The second kappa shape index (κ2) is 6.49. The third-order valence-electron chi connectivity index (χ3n) is 8.28. The second-order valence-corrected chi connectivity index (χ2v) is 15.0. The van der Waals surface area contributed by atoms with Gasteiger partial charge in [-0.25, -0.2) is 0 Å². The fourth-order valence-corrected chi connectivity index (χ4v) is 8.67. The summed E-state index contributed by atoms with van der Waals surface area (Å²) in [5.74, 6) is 6.14. The van der Waals surface area contributed by atoms with E-state index in [1.54, 1.807) is 5.57 Å². The Labute approximate surface area is 165 Å². The molecule has 4 heteroatoms. The number of oxime groups is 1. The quantitative estimate of drug-likeness (QED) is 0.290. The van der Waals surface area contributed by atoms with Crippen LogP contribution in [0.15, 0.2) is 16.8 Å². The van der Waals surface area contributed by atoms with E-state index in [2.05, 4.69) is 43.7 Å². The Morgan fingerprint density at radius 3 is 2.59 bits per heavy atom. The highest BCUT2D eigenvalue weighted by Gasteiger charge is 2.63. The first-order valence-electron chi connectivity index (χ1n) is 10.8. The molecule has 0 bridgehead atoms. The number of rotatable bonds is 2. The lowest BCUT2D eigenvalue weighted by Gasteiger charge is -2.56. The van der Waals surface area contributed by atoms with Gasteiger partial charge in [-0.2, -0.15) is 0 Å². The summed E-state index contributed by atoms with van der Waals surface area (Å²) >= 11 is 0. The van der Waals surface area contributed by atoms with Crippen LogP contribution in [0.4, 0.5) is 0 Å². The molecule has 0 aromatic rings. The van der Waals surface area contributed by atoms with Crippen molar-refractivity contribution >= 4 is 14.0 Å². The van der Waals surface area contributed by atoms with Crippen molar-refractivity contribution in [2.75, 3.05) is 0 Å². The van der Waals surface area contributed by atoms with Gasteiger partial charge >= 0.3 is 0 Å². The smallest absolute Gasteiger partial charge is 0.185 e. The molecule has 27 heavy (non-hydrogen) atoms. The molecule has 0 radical (unpaired) electrons. The Morgan fingerprint density at radius 2 is 1.93 bits per heavy atom. The van der Waals surface area contributed by atoms with Gasteiger partial charge in [0.25, 0.3) is 0 Å². The van der Waals surface area contributed by atoms with Crippen LogP contribution in [-0.2, 0) is 4.43 Å². The minimum absolute atomic E-state index is 0.122. The van der Waals surface area contributed by atoms with E-state index in [-0.39, 0.29) is 11.0 Å². The van der Waals surface area contributed by atoms with Crippen molar-refractivity contribution in [3.63, 3.8) is 0 Å². The highest BCUT2D eigenvalue weighted by Crippen LogP contribution is 2.66. The third kappa shape index (κ3) is 2.93. The molecule has 0 heterocycles. The molecule has 3 saturated carbocycles. The third-order valence-corrected chi connectivity index (χ3v) is 9.24. The summed E-state index contributed by atoms with van der Waals surface area (Å²) in [6.45, 7) is 9.26. The Kier molecular flexibility index (Phi) is 4.63. The topological polar surface area (TPSA) is 41.8 Å². The van der Waals surface area contributed by atoms with Crippen LogP contribution in [0.5, 0.6) is 0 Å². The molecule has 0 spiro atoms. The highest BCUT2D eigenvalue weighted by molar-refractivity contribution is 6.69. The maximum Gasteiger partial charge on any atom is 0.185 e. The van der Waals surface area contributed by atoms with Crippen LogP contribution in [0.2, 0.25) is 19.6 Å². The minimum atomic E-state index is -1.71. The molecule has 0 aliphatic heterocycles. The summed E-state index contributed by atoms with van der Waals surface area (Å²) in [5, 5.41) is 12.6. The summed E-state index contributed by atoms with van der Waals surface area (Å²) in [7, 11) is -1.71. The van der Waals surface area contributed by atoms with Crippen molar-refractivity contribution in [2.45, 2.75) is 83.5 Å². The SMILES string of the molecule is C#CC1(O[Si](C)(C)C)CC[C@H]2[C@@H]3CCC4=C/C(=N\O)CC[C@@H]4[C@H]3CC[C@@]21C. The van der Waals surface area contributed by atoms with Gasteiger partial charge in [0.05, 0.1) is 5.71 Å². The van der Waals surface area contributed by atoms with E-state index in [1.807, 2.05) is 0 Å². The molecule has 3 nitrogen and oxygen atoms in total. The van der Waals surface area contributed by atoms with Crippen molar-refractivity contribution in [3.8, 4) is 12.3 Å². The largest absolute Gasteiger partial charge is 0.411 e. The standard InChI is InChI=1S/C23H35NO2Si/c1-6-23(26-27(3,4)5)14-12-21-20-9-7-16-15-17(24-25)8-10-18(16)19(20)11-13-22(21,23)2/h1,15,18-21,25H,7-14H2,2-5H3/b24-17-/t18-,19+,20+,21-,22-,23?/m0/s1. The summed E-state index contributed by atoms with van der Waals surface area (Å²) in [5.41, 5.74) is 2.18. The average Bonchev–Trinajstić information content (AvgIpc) is 2.92. The number of allylic oxidation sites excluding steroid dienone is 2. The number of hydrogen-bond acceptors (Lipinski definition) is 3. The molecule has 148 valence electrons. The fraction of sp³-hybridized carbons (Fsp3) is 0.783.